The normalized spacial score (nSPS) is 22.8. The molecule has 2 aliphatic rings. The molecule has 3 rings (SSSR count). The zero-order chi connectivity index (χ0) is 17.7. The summed E-state index contributed by atoms with van der Waals surface area (Å²) in [7, 11) is 1.76. The molecule has 2 heterocycles. The summed E-state index contributed by atoms with van der Waals surface area (Å²) in [6.07, 6.45) is 3.87. The number of methoxy groups -OCH3 is 1. The SMILES string of the molecule is CO[C@@H]1CCCOC12CCN(C(=O)c1ccc(OCCN)cc1)CC2. The lowest BCUT2D eigenvalue weighted by Crippen LogP contribution is -2.56. The molecule has 1 aromatic carbocycles. The predicted octanol–water partition coefficient (Wildman–Crippen LogP) is 1.82. The number of likely N-dealkylation sites (tertiary alicyclic amines) is 1. The molecule has 1 aromatic rings. The van der Waals surface area contributed by atoms with Gasteiger partial charge in [-0.25, -0.2) is 0 Å². The Morgan fingerprint density at radius 3 is 2.68 bits per heavy atom. The standard InChI is InChI=1S/C19H28N2O4/c1-23-17-3-2-13-25-19(17)8-11-21(12-9-19)18(22)15-4-6-16(7-5-15)24-14-10-20/h4-7,17H,2-3,8-14,20H2,1H3/t17-/m1/s1. The van der Waals surface area contributed by atoms with Gasteiger partial charge in [-0.3, -0.25) is 4.79 Å². The van der Waals surface area contributed by atoms with Crippen LogP contribution in [-0.4, -0.2) is 62.5 Å². The Kier molecular flexibility index (Phi) is 5.93. The first-order valence-corrected chi connectivity index (χ1v) is 9.07. The minimum Gasteiger partial charge on any atom is -0.492 e. The molecule has 2 N–H and O–H groups in total. The van der Waals surface area contributed by atoms with Crippen molar-refractivity contribution < 1.29 is 19.0 Å². The van der Waals surface area contributed by atoms with E-state index in [1.807, 2.05) is 29.2 Å². The Balaban J connectivity index is 1.59. The van der Waals surface area contributed by atoms with Gasteiger partial charge in [0.15, 0.2) is 0 Å². The molecule has 0 aromatic heterocycles. The smallest absolute Gasteiger partial charge is 0.253 e. The van der Waals surface area contributed by atoms with Crippen molar-refractivity contribution in [2.45, 2.75) is 37.4 Å². The van der Waals surface area contributed by atoms with E-state index in [1.54, 1.807) is 7.11 Å². The van der Waals surface area contributed by atoms with Crippen molar-refractivity contribution in [3.8, 4) is 5.75 Å². The lowest BCUT2D eigenvalue weighted by Gasteiger charge is -2.48. The highest BCUT2D eigenvalue weighted by Crippen LogP contribution is 2.37. The number of carbonyl (C=O) groups excluding carboxylic acids is 1. The highest BCUT2D eigenvalue weighted by Gasteiger charge is 2.45. The van der Waals surface area contributed by atoms with E-state index >= 15 is 0 Å². The van der Waals surface area contributed by atoms with Gasteiger partial charge < -0.3 is 24.8 Å². The topological polar surface area (TPSA) is 74.0 Å². The first-order valence-electron chi connectivity index (χ1n) is 9.07. The van der Waals surface area contributed by atoms with Crippen molar-refractivity contribution >= 4 is 5.91 Å². The average molecular weight is 348 g/mol. The van der Waals surface area contributed by atoms with Crippen LogP contribution in [0.1, 0.15) is 36.0 Å². The Morgan fingerprint density at radius 1 is 1.32 bits per heavy atom. The number of rotatable bonds is 5. The van der Waals surface area contributed by atoms with E-state index in [0.29, 0.717) is 31.8 Å². The van der Waals surface area contributed by atoms with Crippen molar-refractivity contribution in [3.05, 3.63) is 29.8 Å². The first kappa shape index (κ1) is 18.2. The second-order valence-electron chi connectivity index (χ2n) is 6.73. The minimum atomic E-state index is -0.219. The third-order valence-corrected chi connectivity index (χ3v) is 5.26. The van der Waals surface area contributed by atoms with Crippen molar-refractivity contribution in [1.29, 1.82) is 0 Å². The van der Waals surface area contributed by atoms with Crippen LogP contribution in [0.3, 0.4) is 0 Å². The Hall–Kier alpha value is -1.63. The number of amides is 1. The number of benzene rings is 1. The molecular formula is C19H28N2O4. The van der Waals surface area contributed by atoms with Crippen LogP contribution < -0.4 is 10.5 Å². The molecule has 1 atom stereocenters. The summed E-state index contributed by atoms with van der Waals surface area (Å²) in [5.74, 6) is 0.795. The fraction of sp³-hybridized carbons (Fsp3) is 0.632. The maximum absolute atomic E-state index is 12.7. The van der Waals surface area contributed by atoms with Crippen LogP contribution in [0, 0.1) is 0 Å². The van der Waals surface area contributed by atoms with E-state index in [0.717, 1.165) is 38.0 Å². The molecule has 0 unspecified atom stereocenters. The maximum atomic E-state index is 12.7. The number of nitrogens with zero attached hydrogens (tertiary/aromatic N) is 1. The highest BCUT2D eigenvalue weighted by molar-refractivity contribution is 5.94. The van der Waals surface area contributed by atoms with Gasteiger partial charge in [-0.15, -0.1) is 0 Å². The third kappa shape index (κ3) is 3.97. The van der Waals surface area contributed by atoms with Gasteiger partial charge in [-0.1, -0.05) is 0 Å². The van der Waals surface area contributed by atoms with Gasteiger partial charge in [0.25, 0.3) is 5.91 Å². The van der Waals surface area contributed by atoms with Crippen molar-refractivity contribution in [2.75, 3.05) is 40.0 Å². The van der Waals surface area contributed by atoms with Gasteiger partial charge in [0.2, 0.25) is 0 Å². The molecule has 6 nitrogen and oxygen atoms in total. The molecule has 0 radical (unpaired) electrons. The van der Waals surface area contributed by atoms with E-state index in [-0.39, 0.29) is 17.6 Å². The van der Waals surface area contributed by atoms with E-state index in [4.69, 9.17) is 19.9 Å². The number of carbonyl (C=O) groups is 1. The first-order chi connectivity index (χ1) is 12.2. The number of piperidine rings is 1. The van der Waals surface area contributed by atoms with E-state index in [9.17, 15) is 4.79 Å². The van der Waals surface area contributed by atoms with Crippen LogP contribution in [0.4, 0.5) is 0 Å². The quantitative estimate of drug-likeness (QED) is 0.879. The van der Waals surface area contributed by atoms with Gasteiger partial charge in [0, 0.05) is 38.9 Å². The predicted molar refractivity (Wildman–Crippen MR) is 94.8 cm³/mol. The molecule has 2 fully saturated rings. The van der Waals surface area contributed by atoms with Crippen LogP contribution in [0.15, 0.2) is 24.3 Å². The third-order valence-electron chi connectivity index (χ3n) is 5.26. The van der Waals surface area contributed by atoms with Crippen LogP contribution in [0.2, 0.25) is 0 Å². The molecule has 2 saturated heterocycles. The summed E-state index contributed by atoms with van der Waals surface area (Å²) < 4.78 is 17.2. The summed E-state index contributed by atoms with van der Waals surface area (Å²) in [4.78, 5) is 14.6. The zero-order valence-electron chi connectivity index (χ0n) is 14.9. The Morgan fingerprint density at radius 2 is 2.04 bits per heavy atom. The van der Waals surface area contributed by atoms with Gasteiger partial charge >= 0.3 is 0 Å². The summed E-state index contributed by atoms with van der Waals surface area (Å²) in [5, 5.41) is 0. The molecule has 25 heavy (non-hydrogen) atoms. The van der Waals surface area contributed by atoms with Gasteiger partial charge in [0.05, 0.1) is 11.7 Å². The van der Waals surface area contributed by atoms with Crippen LogP contribution in [-0.2, 0) is 9.47 Å². The van der Waals surface area contributed by atoms with E-state index in [2.05, 4.69) is 0 Å². The highest BCUT2D eigenvalue weighted by atomic mass is 16.5. The minimum absolute atomic E-state index is 0.0602. The fourth-order valence-electron chi connectivity index (χ4n) is 3.84. The fourth-order valence-corrected chi connectivity index (χ4v) is 3.84. The van der Waals surface area contributed by atoms with E-state index in [1.165, 1.54) is 0 Å². The van der Waals surface area contributed by atoms with Gasteiger partial charge in [-0.2, -0.15) is 0 Å². The molecule has 1 amide bonds. The average Bonchev–Trinajstić information content (AvgIpc) is 2.67. The summed E-state index contributed by atoms with van der Waals surface area (Å²) >= 11 is 0. The molecule has 138 valence electrons. The number of ether oxygens (including phenoxy) is 3. The second kappa shape index (κ2) is 8.17. The lowest BCUT2D eigenvalue weighted by molar-refractivity contribution is -0.183. The number of nitrogens with two attached hydrogens (primary N) is 1. The molecule has 0 bridgehead atoms. The Labute approximate surface area is 149 Å². The monoisotopic (exact) mass is 348 g/mol. The molecule has 2 aliphatic heterocycles. The maximum Gasteiger partial charge on any atom is 0.253 e. The lowest BCUT2D eigenvalue weighted by atomic mass is 9.81. The second-order valence-corrected chi connectivity index (χ2v) is 6.73. The summed E-state index contributed by atoms with van der Waals surface area (Å²) in [6.45, 7) is 3.13. The summed E-state index contributed by atoms with van der Waals surface area (Å²) in [6, 6.07) is 7.26. The van der Waals surface area contributed by atoms with Gasteiger partial charge in [-0.05, 0) is 49.9 Å². The number of hydrogen-bond donors (Lipinski definition) is 1. The molecule has 1 spiro atoms. The largest absolute Gasteiger partial charge is 0.492 e. The van der Waals surface area contributed by atoms with Crippen molar-refractivity contribution in [3.63, 3.8) is 0 Å². The van der Waals surface area contributed by atoms with Gasteiger partial charge in [0.1, 0.15) is 12.4 Å². The number of hydrogen-bond acceptors (Lipinski definition) is 5. The molecular weight excluding hydrogens is 320 g/mol. The zero-order valence-corrected chi connectivity index (χ0v) is 14.9. The molecule has 0 saturated carbocycles. The molecule has 6 heteroatoms. The van der Waals surface area contributed by atoms with Crippen LogP contribution in [0.5, 0.6) is 5.75 Å². The summed E-state index contributed by atoms with van der Waals surface area (Å²) in [5.41, 5.74) is 5.89. The molecule has 0 aliphatic carbocycles. The van der Waals surface area contributed by atoms with Crippen molar-refractivity contribution in [1.82, 2.24) is 4.90 Å². The Bertz CT molecular complexity index is 567. The van der Waals surface area contributed by atoms with Crippen molar-refractivity contribution in [2.24, 2.45) is 5.73 Å². The van der Waals surface area contributed by atoms with E-state index < -0.39 is 0 Å². The van der Waals surface area contributed by atoms with Crippen LogP contribution in [0.25, 0.3) is 0 Å². The van der Waals surface area contributed by atoms with Crippen LogP contribution >= 0.6 is 0 Å².